The van der Waals surface area contributed by atoms with Gasteiger partial charge in [-0.25, -0.2) is 4.39 Å². The van der Waals surface area contributed by atoms with Crippen LogP contribution in [0, 0.1) is 5.82 Å². The molecule has 0 aliphatic heterocycles. The van der Waals surface area contributed by atoms with Crippen LogP contribution in [0.4, 0.5) is 4.39 Å². The summed E-state index contributed by atoms with van der Waals surface area (Å²) in [6.07, 6.45) is 1.74. The molecule has 4 heteroatoms. The summed E-state index contributed by atoms with van der Waals surface area (Å²) in [6.45, 7) is 0.411. The predicted molar refractivity (Wildman–Crippen MR) is 81.0 cm³/mol. The minimum absolute atomic E-state index is 0.277. The van der Waals surface area contributed by atoms with Gasteiger partial charge >= 0.3 is 0 Å². The molecule has 1 heterocycles. The van der Waals surface area contributed by atoms with E-state index in [1.54, 1.807) is 25.4 Å². The molecule has 0 aliphatic rings. The Morgan fingerprint density at radius 2 is 2.05 bits per heavy atom. The Morgan fingerprint density at radius 1 is 1.14 bits per heavy atom. The van der Waals surface area contributed by atoms with E-state index >= 15 is 0 Å². The Morgan fingerprint density at radius 3 is 2.90 bits per heavy atom. The van der Waals surface area contributed by atoms with Crippen molar-refractivity contribution in [3.05, 3.63) is 66.1 Å². The third-order valence-corrected chi connectivity index (χ3v) is 3.23. The van der Waals surface area contributed by atoms with Gasteiger partial charge in [-0.15, -0.1) is 0 Å². The molecule has 0 radical (unpaired) electrons. The normalized spacial score (nSPS) is 10.8. The average Bonchev–Trinajstić information content (AvgIpc) is 2.51. The van der Waals surface area contributed by atoms with Crippen LogP contribution < -0.4 is 10.1 Å². The highest BCUT2D eigenvalue weighted by molar-refractivity contribution is 5.79. The molecular formula is C17H15FN2O. The monoisotopic (exact) mass is 282 g/mol. The number of rotatable bonds is 4. The number of hydrogen-bond acceptors (Lipinski definition) is 3. The quantitative estimate of drug-likeness (QED) is 0.788. The van der Waals surface area contributed by atoms with Crippen LogP contribution in [0.15, 0.2) is 54.7 Å². The van der Waals surface area contributed by atoms with Crippen LogP contribution in [0.3, 0.4) is 0 Å². The van der Waals surface area contributed by atoms with Crippen LogP contribution in [0.1, 0.15) is 5.56 Å². The molecule has 0 aliphatic carbocycles. The van der Waals surface area contributed by atoms with E-state index in [2.05, 4.69) is 10.3 Å². The molecule has 0 bridgehead atoms. The van der Waals surface area contributed by atoms with Crippen molar-refractivity contribution in [2.24, 2.45) is 0 Å². The topological polar surface area (TPSA) is 34.1 Å². The number of pyridine rings is 1. The summed E-state index contributed by atoms with van der Waals surface area (Å²) in [6, 6.07) is 14.4. The van der Waals surface area contributed by atoms with Crippen LogP contribution in [0.2, 0.25) is 0 Å². The fourth-order valence-electron chi connectivity index (χ4n) is 2.22. The van der Waals surface area contributed by atoms with Crippen molar-refractivity contribution in [2.45, 2.75) is 6.54 Å². The first kappa shape index (κ1) is 13.5. The maximum atomic E-state index is 13.9. The minimum atomic E-state index is -0.277. The molecule has 106 valence electrons. The van der Waals surface area contributed by atoms with E-state index in [9.17, 15) is 4.39 Å². The lowest BCUT2D eigenvalue weighted by atomic mass is 10.2. The summed E-state index contributed by atoms with van der Waals surface area (Å²) in [5.41, 5.74) is 1.36. The molecule has 0 spiro atoms. The lowest BCUT2D eigenvalue weighted by Gasteiger charge is -2.12. The van der Waals surface area contributed by atoms with Crippen LogP contribution >= 0.6 is 0 Å². The SMILES string of the molecule is CNCc1c(F)cccc1Oc1ccc2cccnc2c1. The number of benzene rings is 2. The van der Waals surface area contributed by atoms with Gasteiger partial charge in [-0.1, -0.05) is 12.1 Å². The van der Waals surface area contributed by atoms with E-state index in [0.717, 1.165) is 10.9 Å². The summed E-state index contributed by atoms with van der Waals surface area (Å²) in [5, 5.41) is 3.99. The minimum Gasteiger partial charge on any atom is -0.457 e. The van der Waals surface area contributed by atoms with Gasteiger partial charge in [0.2, 0.25) is 0 Å². The van der Waals surface area contributed by atoms with Gasteiger partial charge in [0, 0.05) is 29.8 Å². The van der Waals surface area contributed by atoms with Crippen molar-refractivity contribution < 1.29 is 9.13 Å². The third-order valence-electron chi connectivity index (χ3n) is 3.23. The Hall–Kier alpha value is -2.46. The molecule has 0 saturated heterocycles. The van der Waals surface area contributed by atoms with Gasteiger partial charge in [0.25, 0.3) is 0 Å². The molecule has 0 atom stereocenters. The molecule has 0 amide bonds. The van der Waals surface area contributed by atoms with Gasteiger partial charge in [-0.2, -0.15) is 0 Å². The van der Waals surface area contributed by atoms with Gasteiger partial charge < -0.3 is 10.1 Å². The predicted octanol–water partition coefficient (Wildman–Crippen LogP) is 3.89. The summed E-state index contributed by atoms with van der Waals surface area (Å²) < 4.78 is 19.7. The summed E-state index contributed by atoms with van der Waals surface area (Å²) in [7, 11) is 1.77. The van der Waals surface area contributed by atoms with E-state index in [4.69, 9.17) is 4.74 Å². The second-order valence-electron chi connectivity index (χ2n) is 4.71. The molecule has 1 aromatic heterocycles. The van der Waals surface area contributed by atoms with Crippen LogP contribution in [0.5, 0.6) is 11.5 Å². The van der Waals surface area contributed by atoms with Crippen molar-refractivity contribution in [1.82, 2.24) is 10.3 Å². The van der Waals surface area contributed by atoms with Crippen LogP contribution in [0.25, 0.3) is 10.9 Å². The third kappa shape index (κ3) is 2.85. The van der Waals surface area contributed by atoms with Gasteiger partial charge in [0.05, 0.1) is 5.52 Å². The van der Waals surface area contributed by atoms with Crippen molar-refractivity contribution in [3.63, 3.8) is 0 Å². The van der Waals surface area contributed by atoms with Crippen molar-refractivity contribution in [2.75, 3.05) is 7.05 Å². The number of ether oxygens (including phenoxy) is 1. The van der Waals surface area contributed by atoms with Gasteiger partial charge in [0.15, 0.2) is 0 Å². The zero-order chi connectivity index (χ0) is 14.7. The number of hydrogen-bond donors (Lipinski definition) is 1. The van der Waals surface area contributed by atoms with Crippen molar-refractivity contribution >= 4 is 10.9 Å². The fraction of sp³-hybridized carbons (Fsp3) is 0.118. The molecule has 0 saturated carbocycles. The molecular weight excluding hydrogens is 267 g/mol. The van der Waals surface area contributed by atoms with E-state index in [-0.39, 0.29) is 5.82 Å². The zero-order valence-electron chi connectivity index (χ0n) is 11.6. The van der Waals surface area contributed by atoms with E-state index in [1.165, 1.54) is 6.07 Å². The number of fused-ring (bicyclic) bond motifs is 1. The lowest BCUT2D eigenvalue weighted by molar-refractivity contribution is 0.465. The first-order valence-corrected chi connectivity index (χ1v) is 6.72. The molecule has 21 heavy (non-hydrogen) atoms. The molecule has 0 unspecified atom stereocenters. The Kier molecular flexibility index (Phi) is 3.79. The van der Waals surface area contributed by atoms with Gasteiger partial charge in [0.1, 0.15) is 17.3 Å². The first-order chi connectivity index (χ1) is 10.3. The Labute approximate surface area is 122 Å². The Balaban J connectivity index is 1.96. The summed E-state index contributed by atoms with van der Waals surface area (Å²) >= 11 is 0. The second kappa shape index (κ2) is 5.89. The fourth-order valence-corrected chi connectivity index (χ4v) is 2.22. The standard InChI is InChI=1S/C17H15FN2O/c1-19-11-14-15(18)5-2-6-17(14)21-13-8-7-12-4-3-9-20-16(12)10-13/h2-10,19H,11H2,1H3. The van der Waals surface area contributed by atoms with Crippen molar-refractivity contribution in [1.29, 1.82) is 0 Å². The Bertz CT molecular complexity index is 774. The number of halogens is 1. The second-order valence-corrected chi connectivity index (χ2v) is 4.71. The van der Waals surface area contributed by atoms with Crippen LogP contribution in [-0.2, 0) is 6.54 Å². The smallest absolute Gasteiger partial charge is 0.134 e. The summed E-state index contributed by atoms with van der Waals surface area (Å²) in [5.74, 6) is 0.879. The largest absolute Gasteiger partial charge is 0.457 e. The molecule has 3 nitrogen and oxygen atoms in total. The van der Waals surface area contributed by atoms with Gasteiger partial charge in [-0.3, -0.25) is 4.98 Å². The highest BCUT2D eigenvalue weighted by Crippen LogP contribution is 2.28. The first-order valence-electron chi connectivity index (χ1n) is 6.72. The highest BCUT2D eigenvalue weighted by Gasteiger charge is 2.10. The molecule has 3 aromatic rings. The van der Waals surface area contributed by atoms with Crippen molar-refractivity contribution in [3.8, 4) is 11.5 Å². The van der Waals surface area contributed by atoms with E-state index in [0.29, 0.717) is 23.6 Å². The molecule has 0 fully saturated rings. The molecule has 2 aromatic carbocycles. The average molecular weight is 282 g/mol. The number of nitrogens with one attached hydrogen (secondary N) is 1. The number of nitrogens with zero attached hydrogens (tertiary/aromatic N) is 1. The maximum Gasteiger partial charge on any atom is 0.134 e. The number of aromatic nitrogens is 1. The van der Waals surface area contributed by atoms with Gasteiger partial charge in [-0.05, 0) is 37.4 Å². The summed E-state index contributed by atoms with van der Waals surface area (Å²) in [4.78, 5) is 4.29. The zero-order valence-corrected chi connectivity index (χ0v) is 11.6. The van der Waals surface area contributed by atoms with E-state index in [1.807, 2.05) is 30.3 Å². The molecule has 1 N–H and O–H groups in total. The van der Waals surface area contributed by atoms with Crippen LogP contribution in [-0.4, -0.2) is 12.0 Å². The highest BCUT2D eigenvalue weighted by atomic mass is 19.1. The lowest BCUT2D eigenvalue weighted by Crippen LogP contribution is -2.08. The maximum absolute atomic E-state index is 13.9. The molecule has 3 rings (SSSR count). The van der Waals surface area contributed by atoms with E-state index < -0.39 is 0 Å².